The van der Waals surface area contributed by atoms with Crippen LogP contribution >= 0.6 is 0 Å². The summed E-state index contributed by atoms with van der Waals surface area (Å²) in [4.78, 5) is 0. The molecule has 29 heavy (non-hydrogen) atoms. The summed E-state index contributed by atoms with van der Waals surface area (Å²) in [5.74, 6) is 0.380. The molecule has 0 aliphatic heterocycles. The molecule has 1 heterocycles. The van der Waals surface area contributed by atoms with Crippen molar-refractivity contribution in [1.29, 1.82) is 0 Å². The standard InChI is InChI=1S/C21H30F3N3OS/c1-13(2)8-18(26-29(28)20(5,6)7)16-9-14(3)19(15(4)10-16)27-12-17(11-25-27)21(22,23)24/h9-13,18,26H,8H2,1-7H3/t18-,29+/m1/s1. The molecule has 2 atom stereocenters. The van der Waals surface area contributed by atoms with Crippen molar-refractivity contribution in [2.45, 2.75) is 71.9 Å². The van der Waals surface area contributed by atoms with Gasteiger partial charge in [-0.3, -0.25) is 0 Å². The van der Waals surface area contributed by atoms with Gasteiger partial charge in [-0.1, -0.05) is 26.0 Å². The van der Waals surface area contributed by atoms with Gasteiger partial charge in [-0.2, -0.15) is 18.3 Å². The maximum atomic E-state index is 12.9. The Morgan fingerprint density at radius 1 is 1.14 bits per heavy atom. The van der Waals surface area contributed by atoms with Crippen LogP contribution in [0.2, 0.25) is 0 Å². The summed E-state index contributed by atoms with van der Waals surface area (Å²) < 4.78 is 55.6. The maximum Gasteiger partial charge on any atom is 0.419 e. The van der Waals surface area contributed by atoms with Crippen molar-refractivity contribution in [3.8, 4) is 5.69 Å². The van der Waals surface area contributed by atoms with Crippen LogP contribution < -0.4 is 4.72 Å². The van der Waals surface area contributed by atoms with E-state index in [-0.39, 0.29) is 6.04 Å². The maximum absolute atomic E-state index is 12.9. The monoisotopic (exact) mass is 429 g/mol. The van der Waals surface area contributed by atoms with Gasteiger partial charge >= 0.3 is 6.18 Å². The number of rotatable bonds is 6. The molecule has 1 aromatic heterocycles. The lowest BCUT2D eigenvalue weighted by Crippen LogP contribution is -2.36. The third-order valence-electron chi connectivity index (χ3n) is 4.57. The molecule has 0 saturated carbocycles. The Hall–Kier alpha value is -1.67. The van der Waals surface area contributed by atoms with Crippen molar-refractivity contribution >= 4 is 11.0 Å². The fourth-order valence-electron chi connectivity index (χ4n) is 3.17. The number of hydrogen-bond acceptors (Lipinski definition) is 2. The molecule has 4 nitrogen and oxygen atoms in total. The first kappa shape index (κ1) is 23.6. The number of nitrogens with zero attached hydrogens (tertiary/aromatic N) is 2. The van der Waals surface area contributed by atoms with Crippen LogP contribution in [0, 0.1) is 19.8 Å². The van der Waals surface area contributed by atoms with Crippen molar-refractivity contribution in [1.82, 2.24) is 14.5 Å². The second-order valence-electron chi connectivity index (χ2n) is 8.86. The zero-order valence-electron chi connectivity index (χ0n) is 18.0. The Morgan fingerprint density at radius 2 is 1.69 bits per heavy atom. The van der Waals surface area contributed by atoms with Gasteiger partial charge in [-0.15, -0.1) is 0 Å². The number of alkyl halides is 3. The molecular weight excluding hydrogens is 399 g/mol. The van der Waals surface area contributed by atoms with Crippen molar-refractivity contribution in [3.05, 3.63) is 46.8 Å². The van der Waals surface area contributed by atoms with Gasteiger partial charge in [-0.25, -0.2) is 13.6 Å². The Labute approximate surface area is 173 Å². The van der Waals surface area contributed by atoms with Crippen LogP contribution in [0.1, 0.15) is 69.3 Å². The largest absolute Gasteiger partial charge is 0.419 e. The van der Waals surface area contributed by atoms with E-state index >= 15 is 0 Å². The molecule has 1 N–H and O–H groups in total. The van der Waals surface area contributed by atoms with Crippen molar-refractivity contribution < 1.29 is 17.4 Å². The highest BCUT2D eigenvalue weighted by Gasteiger charge is 2.32. The molecule has 1 aromatic carbocycles. The highest BCUT2D eigenvalue weighted by atomic mass is 32.2. The quantitative estimate of drug-likeness (QED) is 0.645. The molecule has 2 rings (SSSR count). The molecule has 0 bridgehead atoms. The topological polar surface area (TPSA) is 46.9 Å². The summed E-state index contributed by atoms with van der Waals surface area (Å²) in [7, 11) is -1.24. The van der Waals surface area contributed by atoms with Crippen LogP contribution in [0.4, 0.5) is 13.2 Å². The Balaban J connectivity index is 2.43. The van der Waals surface area contributed by atoms with Crippen LogP contribution in [0.5, 0.6) is 0 Å². The van der Waals surface area contributed by atoms with E-state index in [1.807, 2.05) is 46.8 Å². The van der Waals surface area contributed by atoms with Crippen LogP contribution in [0.25, 0.3) is 5.69 Å². The molecule has 0 radical (unpaired) electrons. The highest BCUT2D eigenvalue weighted by Crippen LogP contribution is 2.32. The van der Waals surface area contributed by atoms with Crippen molar-refractivity contribution in [2.24, 2.45) is 5.92 Å². The van der Waals surface area contributed by atoms with Gasteiger partial charge in [0.05, 0.1) is 33.2 Å². The first-order valence-corrected chi connectivity index (χ1v) is 10.8. The Bertz CT molecular complexity index is 859. The van der Waals surface area contributed by atoms with Crippen LogP contribution in [0.3, 0.4) is 0 Å². The van der Waals surface area contributed by atoms with Crippen LogP contribution in [0.15, 0.2) is 24.5 Å². The third-order valence-corrected chi connectivity index (χ3v) is 6.18. The number of nitrogens with one attached hydrogen (secondary N) is 1. The molecule has 2 aromatic rings. The molecule has 8 heteroatoms. The molecule has 0 spiro atoms. The lowest BCUT2D eigenvalue weighted by Gasteiger charge is -2.27. The smallest absolute Gasteiger partial charge is 0.242 e. The number of aryl methyl sites for hydroxylation is 2. The zero-order chi connectivity index (χ0) is 22.1. The van der Waals surface area contributed by atoms with Gasteiger partial charge in [0.15, 0.2) is 0 Å². The lowest BCUT2D eigenvalue weighted by molar-refractivity contribution is -0.137. The van der Waals surface area contributed by atoms with Crippen molar-refractivity contribution in [2.75, 3.05) is 0 Å². The second kappa shape index (κ2) is 8.60. The molecule has 0 aliphatic rings. The zero-order valence-corrected chi connectivity index (χ0v) is 18.8. The molecule has 0 aliphatic carbocycles. The van der Waals surface area contributed by atoms with Gasteiger partial charge < -0.3 is 0 Å². The van der Waals surface area contributed by atoms with E-state index in [0.29, 0.717) is 11.6 Å². The predicted octanol–water partition coefficient (Wildman–Crippen LogP) is 5.65. The number of benzene rings is 1. The van der Waals surface area contributed by atoms with Gasteiger partial charge in [0, 0.05) is 12.2 Å². The number of hydrogen-bond donors (Lipinski definition) is 1. The molecule has 0 unspecified atom stereocenters. The predicted molar refractivity (Wildman–Crippen MR) is 111 cm³/mol. The average molecular weight is 430 g/mol. The molecule has 0 saturated heterocycles. The molecule has 0 amide bonds. The third kappa shape index (κ3) is 5.92. The summed E-state index contributed by atoms with van der Waals surface area (Å²) in [6.07, 6.45) is -1.79. The summed E-state index contributed by atoms with van der Waals surface area (Å²) >= 11 is 0. The van der Waals surface area contributed by atoms with E-state index in [1.54, 1.807) is 0 Å². The molecule has 0 fully saturated rings. The first-order chi connectivity index (χ1) is 13.2. The van der Waals surface area contributed by atoms with Gasteiger partial charge in [0.2, 0.25) is 0 Å². The minimum atomic E-state index is -4.43. The lowest BCUT2D eigenvalue weighted by atomic mass is 9.94. The van der Waals surface area contributed by atoms with Crippen LogP contribution in [-0.2, 0) is 17.2 Å². The average Bonchev–Trinajstić information content (AvgIpc) is 3.01. The Morgan fingerprint density at radius 3 is 2.10 bits per heavy atom. The molecule has 162 valence electrons. The number of aromatic nitrogens is 2. The highest BCUT2D eigenvalue weighted by molar-refractivity contribution is 7.84. The SMILES string of the molecule is Cc1cc([C@@H](CC(C)C)N[S@@](=O)C(C)(C)C)cc(C)c1-n1cc(C(F)(F)F)cn1. The fourth-order valence-corrected chi connectivity index (χ4v) is 4.02. The minimum absolute atomic E-state index is 0.120. The van der Waals surface area contributed by atoms with Crippen molar-refractivity contribution in [3.63, 3.8) is 0 Å². The van der Waals surface area contributed by atoms with E-state index in [2.05, 4.69) is 23.7 Å². The normalized spacial score (nSPS) is 15.0. The van der Waals surface area contributed by atoms with Gasteiger partial charge in [0.25, 0.3) is 0 Å². The van der Waals surface area contributed by atoms with E-state index < -0.39 is 27.5 Å². The van der Waals surface area contributed by atoms with E-state index in [0.717, 1.165) is 35.5 Å². The Kier molecular flexibility index (Phi) is 7.00. The minimum Gasteiger partial charge on any atom is -0.242 e. The van der Waals surface area contributed by atoms with Gasteiger partial charge in [-0.05, 0) is 63.6 Å². The summed E-state index contributed by atoms with van der Waals surface area (Å²) in [6, 6.07) is 3.76. The second-order valence-corrected chi connectivity index (χ2v) is 10.9. The van der Waals surface area contributed by atoms with E-state index in [9.17, 15) is 17.4 Å². The molecular formula is C21H30F3N3OS. The first-order valence-electron chi connectivity index (χ1n) is 9.61. The summed E-state index contributed by atoms with van der Waals surface area (Å²) in [6.45, 7) is 13.7. The number of halogens is 3. The van der Waals surface area contributed by atoms with E-state index in [1.165, 1.54) is 4.68 Å². The van der Waals surface area contributed by atoms with Gasteiger partial charge in [0.1, 0.15) is 0 Å². The summed E-state index contributed by atoms with van der Waals surface area (Å²) in [5.41, 5.74) is 2.45. The van der Waals surface area contributed by atoms with Crippen LogP contribution in [-0.4, -0.2) is 18.7 Å². The summed E-state index contributed by atoms with van der Waals surface area (Å²) in [5, 5.41) is 3.91. The fraction of sp³-hybridized carbons (Fsp3) is 0.571. The van der Waals surface area contributed by atoms with E-state index in [4.69, 9.17) is 0 Å².